The summed E-state index contributed by atoms with van der Waals surface area (Å²) in [4.78, 5) is 0. The Bertz CT molecular complexity index is 190. The van der Waals surface area contributed by atoms with Gasteiger partial charge in [0.2, 0.25) is 0 Å². The lowest BCUT2D eigenvalue weighted by atomic mass is 9.93. The number of ether oxygens (including phenoxy) is 2. The topological polar surface area (TPSA) is 30.5 Å². The Balaban J connectivity index is 1.73. The second-order valence-corrected chi connectivity index (χ2v) is 5.10. The average molecular weight is 213 g/mol. The minimum absolute atomic E-state index is 0.458. The van der Waals surface area contributed by atoms with Gasteiger partial charge in [-0.3, -0.25) is 0 Å². The largest absolute Gasteiger partial charge is 0.380 e. The Hall–Kier alpha value is -0.120. The number of hydrogen-bond acceptors (Lipinski definition) is 3. The van der Waals surface area contributed by atoms with Crippen LogP contribution in [0.15, 0.2) is 0 Å². The third-order valence-corrected chi connectivity index (χ3v) is 3.52. The van der Waals surface area contributed by atoms with Crippen molar-refractivity contribution in [3.05, 3.63) is 0 Å². The monoisotopic (exact) mass is 213 g/mol. The molecule has 1 N–H and O–H groups in total. The predicted octanol–water partition coefficient (Wildman–Crippen LogP) is 1.43. The first-order chi connectivity index (χ1) is 7.27. The van der Waals surface area contributed by atoms with Crippen molar-refractivity contribution in [2.75, 3.05) is 26.4 Å². The lowest BCUT2D eigenvalue weighted by molar-refractivity contribution is 0.0532. The van der Waals surface area contributed by atoms with Crippen LogP contribution >= 0.6 is 0 Å². The van der Waals surface area contributed by atoms with E-state index in [1.165, 1.54) is 12.8 Å². The molecule has 0 saturated carbocycles. The van der Waals surface area contributed by atoms with Gasteiger partial charge < -0.3 is 14.8 Å². The van der Waals surface area contributed by atoms with Gasteiger partial charge in [-0.15, -0.1) is 0 Å². The van der Waals surface area contributed by atoms with E-state index in [9.17, 15) is 0 Å². The van der Waals surface area contributed by atoms with E-state index >= 15 is 0 Å². The second-order valence-electron chi connectivity index (χ2n) is 5.10. The average Bonchev–Trinajstić information content (AvgIpc) is 2.86. The zero-order valence-corrected chi connectivity index (χ0v) is 9.87. The Morgan fingerprint density at radius 1 is 1.27 bits per heavy atom. The van der Waals surface area contributed by atoms with E-state index in [0.717, 1.165) is 26.4 Å². The fourth-order valence-electron chi connectivity index (χ4n) is 2.62. The lowest BCUT2D eigenvalue weighted by Gasteiger charge is -2.23. The molecule has 2 aliphatic heterocycles. The van der Waals surface area contributed by atoms with Crippen LogP contribution in [0.1, 0.15) is 26.7 Å². The Morgan fingerprint density at radius 3 is 2.80 bits per heavy atom. The van der Waals surface area contributed by atoms with Crippen molar-refractivity contribution in [3.8, 4) is 0 Å². The third-order valence-electron chi connectivity index (χ3n) is 3.52. The van der Waals surface area contributed by atoms with Gasteiger partial charge in [-0.25, -0.2) is 0 Å². The van der Waals surface area contributed by atoms with Crippen LogP contribution in [0.2, 0.25) is 0 Å². The highest BCUT2D eigenvalue weighted by atomic mass is 16.5. The summed E-state index contributed by atoms with van der Waals surface area (Å²) in [6, 6.07) is 0.582. The highest BCUT2D eigenvalue weighted by molar-refractivity contribution is 4.82. The first-order valence-electron chi connectivity index (χ1n) is 6.20. The molecule has 2 saturated heterocycles. The van der Waals surface area contributed by atoms with Crippen molar-refractivity contribution in [1.82, 2.24) is 5.32 Å². The zero-order valence-electron chi connectivity index (χ0n) is 9.87. The van der Waals surface area contributed by atoms with E-state index in [1.807, 2.05) is 0 Å². The van der Waals surface area contributed by atoms with E-state index in [1.54, 1.807) is 0 Å². The maximum atomic E-state index is 5.77. The molecule has 0 aromatic rings. The molecular formula is C12H23NO2. The van der Waals surface area contributed by atoms with Gasteiger partial charge in [0.25, 0.3) is 0 Å². The number of nitrogens with one attached hydrogen (secondary N) is 1. The van der Waals surface area contributed by atoms with Crippen LogP contribution in [0.3, 0.4) is 0 Å². The molecule has 3 heteroatoms. The summed E-state index contributed by atoms with van der Waals surface area (Å²) in [5.74, 6) is 1.34. The molecule has 2 rings (SSSR count). The van der Waals surface area contributed by atoms with E-state index in [4.69, 9.17) is 9.47 Å². The van der Waals surface area contributed by atoms with Gasteiger partial charge >= 0.3 is 0 Å². The third kappa shape index (κ3) is 2.92. The molecule has 2 aliphatic rings. The summed E-state index contributed by atoms with van der Waals surface area (Å²) in [6.45, 7) is 8.35. The molecular weight excluding hydrogens is 190 g/mol. The highest BCUT2D eigenvalue weighted by Crippen LogP contribution is 2.26. The van der Waals surface area contributed by atoms with E-state index in [2.05, 4.69) is 19.2 Å². The second kappa shape index (κ2) is 5.28. The van der Waals surface area contributed by atoms with Gasteiger partial charge in [-0.2, -0.15) is 0 Å². The Labute approximate surface area is 92.5 Å². The SMILES string of the molecule is CC(C)[C@H]1OCC[C@@H]1CN[C@H]1CCOC1. The summed E-state index contributed by atoms with van der Waals surface area (Å²) >= 11 is 0. The summed E-state index contributed by atoms with van der Waals surface area (Å²) in [5.41, 5.74) is 0. The fraction of sp³-hybridized carbons (Fsp3) is 1.00. The molecule has 2 fully saturated rings. The van der Waals surface area contributed by atoms with Crippen molar-refractivity contribution in [2.24, 2.45) is 11.8 Å². The van der Waals surface area contributed by atoms with Gasteiger partial charge in [-0.1, -0.05) is 13.8 Å². The molecule has 0 unspecified atom stereocenters. The summed E-state index contributed by atoms with van der Waals surface area (Å²) in [7, 11) is 0. The molecule has 3 nitrogen and oxygen atoms in total. The summed E-state index contributed by atoms with van der Waals surface area (Å²) in [5, 5.41) is 3.60. The molecule has 15 heavy (non-hydrogen) atoms. The number of hydrogen-bond donors (Lipinski definition) is 1. The van der Waals surface area contributed by atoms with Crippen LogP contribution in [0.25, 0.3) is 0 Å². The predicted molar refractivity (Wildman–Crippen MR) is 59.9 cm³/mol. The van der Waals surface area contributed by atoms with E-state index < -0.39 is 0 Å². The maximum absolute atomic E-state index is 5.77. The van der Waals surface area contributed by atoms with Crippen molar-refractivity contribution < 1.29 is 9.47 Å². The molecule has 0 aliphatic carbocycles. The van der Waals surface area contributed by atoms with Crippen LogP contribution in [-0.4, -0.2) is 38.5 Å². The standard InChI is InChI=1S/C12H23NO2/c1-9(2)12-10(3-6-15-12)7-13-11-4-5-14-8-11/h9-13H,3-8H2,1-2H3/t10-,11+,12-/m1/s1. The molecule has 0 spiro atoms. The molecule has 0 aromatic carbocycles. The van der Waals surface area contributed by atoms with Crippen molar-refractivity contribution in [1.29, 1.82) is 0 Å². The normalized spacial score (nSPS) is 36.6. The van der Waals surface area contributed by atoms with Gasteiger partial charge in [0.1, 0.15) is 0 Å². The molecule has 0 bridgehead atoms. The lowest BCUT2D eigenvalue weighted by Crippen LogP contribution is -2.37. The van der Waals surface area contributed by atoms with Crippen LogP contribution in [0, 0.1) is 11.8 Å². The van der Waals surface area contributed by atoms with Crippen LogP contribution in [0.5, 0.6) is 0 Å². The number of rotatable bonds is 4. The maximum Gasteiger partial charge on any atom is 0.0639 e. The molecule has 0 amide bonds. The molecule has 3 atom stereocenters. The van der Waals surface area contributed by atoms with Crippen molar-refractivity contribution in [3.63, 3.8) is 0 Å². The first kappa shape index (κ1) is 11.4. The Morgan fingerprint density at radius 2 is 2.13 bits per heavy atom. The quantitative estimate of drug-likeness (QED) is 0.766. The minimum atomic E-state index is 0.458. The van der Waals surface area contributed by atoms with Crippen LogP contribution < -0.4 is 5.32 Å². The van der Waals surface area contributed by atoms with Gasteiger partial charge in [0.15, 0.2) is 0 Å². The molecule has 0 radical (unpaired) electrons. The van der Waals surface area contributed by atoms with Gasteiger partial charge in [0, 0.05) is 25.8 Å². The minimum Gasteiger partial charge on any atom is -0.380 e. The van der Waals surface area contributed by atoms with Crippen molar-refractivity contribution >= 4 is 0 Å². The van der Waals surface area contributed by atoms with Gasteiger partial charge in [-0.05, 0) is 24.7 Å². The van der Waals surface area contributed by atoms with Crippen LogP contribution in [0.4, 0.5) is 0 Å². The van der Waals surface area contributed by atoms with Gasteiger partial charge in [0.05, 0.1) is 12.7 Å². The summed E-state index contributed by atoms with van der Waals surface area (Å²) < 4.78 is 11.1. The molecule has 2 heterocycles. The van der Waals surface area contributed by atoms with E-state index in [-0.39, 0.29) is 0 Å². The molecule has 88 valence electrons. The first-order valence-corrected chi connectivity index (χ1v) is 6.20. The smallest absolute Gasteiger partial charge is 0.0639 e. The zero-order chi connectivity index (χ0) is 10.7. The van der Waals surface area contributed by atoms with Crippen molar-refractivity contribution in [2.45, 2.75) is 38.8 Å². The molecule has 0 aromatic heterocycles. The van der Waals surface area contributed by atoms with E-state index in [0.29, 0.717) is 24.0 Å². The Kier molecular flexibility index (Phi) is 4.00. The highest BCUT2D eigenvalue weighted by Gasteiger charge is 2.31. The fourth-order valence-corrected chi connectivity index (χ4v) is 2.62. The van der Waals surface area contributed by atoms with Crippen LogP contribution in [-0.2, 0) is 9.47 Å². The summed E-state index contributed by atoms with van der Waals surface area (Å²) in [6.07, 6.45) is 2.84.